The third-order valence-electron chi connectivity index (χ3n) is 5.59. The van der Waals surface area contributed by atoms with Crippen molar-refractivity contribution in [1.82, 2.24) is 29.4 Å². The minimum absolute atomic E-state index is 0.105. The Morgan fingerprint density at radius 1 is 0.441 bits per heavy atom. The third-order valence-corrected chi connectivity index (χ3v) is 5.59. The summed E-state index contributed by atoms with van der Waals surface area (Å²) in [7, 11) is 16.5. The van der Waals surface area contributed by atoms with Gasteiger partial charge in [-0.05, 0) is 56.4 Å². The number of likely N-dealkylation sites (N-methyl/N-ethyl adjacent to an activating group) is 6. The fraction of sp³-hybridized carbons (Fsp3) is 0.917. The Labute approximate surface area is 208 Å². The van der Waals surface area contributed by atoms with Crippen LogP contribution in [0.3, 0.4) is 0 Å². The van der Waals surface area contributed by atoms with Crippen LogP contribution < -0.4 is 0 Å². The van der Waals surface area contributed by atoms with E-state index in [0.717, 1.165) is 52.4 Å². The van der Waals surface area contributed by atoms with Gasteiger partial charge in [0.05, 0.1) is 12.8 Å². The van der Waals surface area contributed by atoms with E-state index in [1.165, 1.54) is 0 Å². The predicted octanol–water partition coefficient (Wildman–Crippen LogP) is -0.297. The average Bonchev–Trinajstić information content (AvgIpc) is 2.78. The first-order valence-corrected chi connectivity index (χ1v) is 12.3. The smallest absolute Gasteiger partial charge is 0.307 e. The summed E-state index contributed by atoms with van der Waals surface area (Å²) in [5, 5.41) is 0. The molecule has 0 aliphatic heterocycles. The van der Waals surface area contributed by atoms with E-state index in [1.807, 2.05) is 14.1 Å². The summed E-state index contributed by atoms with van der Waals surface area (Å²) in [5.41, 5.74) is 0. The lowest BCUT2D eigenvalue weighted by Crippen LogP contribution is -2.35. The summed E-state index contributed by atoms with van der Waals surface area (Å²) in [5.74, 6) is -0.524. The summed E-state index contributed by atoms with van der Waals surface area (Å²) >= 11 is 0. The number of ether oxygens (including phenoxy) is 2. The third kappa shape index (κ3) is 21.2. The van der Waals surface area contributed by atoms with Gasteiger partial charge in [0, 0.05) is 65.4 Å². The second kappa shape index (κ2) is 19.9. The Hall–Kier alpha value is -1.30. The lowest BCUT2D eigenvalue weighted by molar-refractivity contribution is -0.152. The predicted molar refractivity (Wildman–Crippen MR) is 138 cm³/mol. The van der Waals surface area contributed by atoms with Crippen molar-refractivity contribution in [3.8, 4) is 0 Å². The molecule has 0 unspecified atom stereocenters. The van der Waals surface area contributed by atoms with Gasteiger partial charge in [0.1, 0.15) is 13.2 Å². The van der Waals surface area contributed by atoms with Crippen LogP contribution in [0.15, 0.2) is 0 Å². The van der Waals surface area contributed by atoms with Crippen LogP contribution in [0.5, 0.6) is 0 Å². The maximum atomic E-state index is 11.9. The first-order chi connectivity index (χ1) is 16.0. The van der Waals surface area contributed by atoms with Gasteiger partial charge in [0.2, 0.25) is 0 Å². The molecule has 0 atom stereocenters. The fourth-order valence-electron chi connectivity index (χ4n) is 2.89. The first kappa shape index (κ1) is 32.7. The first-order valence-electron chi connectivity index (χ1n) is 12.3. The van der Waals surface area contributed by atoms with Crippen molar-refractivity contribution < 1.29 is 19.1 Å². The molecule has 0 fully saturated rings. The van der Waals surface area contributed by atoms with E-state index in [1.54, 1.807) is 0 Å². The van der Waals surface area contributed by atoms with E-state index in [-0.39, 0.29) is 25.2 Å². The maximum Gasteiger partial charge on any atom is 0.307 e. The monoisotopic (exact) mass is 488 g/mol. The van der Waals surface area contributed by atoms with Crippen LogP contribution in [-0.4, -0.2) is 176 Å². The van der Waals surface area contributed by atoms with Crippen molar-refractivity contribution in [2.75, 3.05) is 135 Å². The van der Waals surface area contributed by atoms with Crippen LogP contribution in [0.4, 0.5) is 0 Å². The normalized spacial score (nSPS) is 12.1. The van der Waals surface area contributed by atoms with Crippen LogP contribution >= 0.6 is 0 Å². The van der Waals surface area contributed by atoms with Gasteiger partial charge in [-0.2, -0.15) is 0 Å². The van der Waals surface area contributed by atoms with Crippen molar-refractivity contribution in [2.24, 2.45) is 0 Å². The highest BCUT2D eigenvalue weighted by Crippen LogP contribution is 1.96. The summed E-state index contributed by atoms with van der Waals surface area (Å²) < 4.78 is 10.4. The Morgan fingerprint density at radius 2 is 0.706 bits per heavy atom. The molecule has 0 amide bonds. The van der Waals surface area contributed by atoms with Crippen molar-refractivity contribution in [3.05, 3.63) is 0 Å². The van der Waals surface area contributed by atoms with Crippen molar-refractivity contribution >= 4 is 11.9 Å². The van der Waals surface area contributed by atoms with Crippen molar-refractivity contribution in [3.63, 3.8) is 0 Å². The van der Waals surface area contributed by atoms with Gasteiger partial charge in [-0.15, -0.1) is 0 Å². The van der Waals surface area contributed by atoms with E-state index in [9.17, 15) is 9.59 Å². The van der Waals surface area contributed by atoms with E-state index >= 15 is 0 Å². The van der Waals surface area contributed by atoms with Gasteiger partial charge in [0.15, 0.2) is 0 Å². The van der Waals surface area contributed by atoms with Gasteiger partial charge in [-0.3, -0.25) is 9.59 Å². The molecule has 0 N–H and O–H groups in total. The second-order valence-corrected chi connectivity index (χ2v) is 9.76. The molecule has 0 saturated carbocycles. The molecule has 0 aliphatic carbocycles. The van der Waals surface area contributed by atoms with Crippen molar-refractivity contribution in [2.45, 2.75) is 12.8 Å². The minimum atomic E-state index is -0.262. The number of carbonyl (C=O) groups is 2. The molecule has 0 aromatic carbocycles. The highest BCUT2D eigenvalue weighted by Gasteiger charge is 2.10. The molecular weight excluding hydrogens is 436 g/mol. The van der Waals surface area contributed by atoms with Gasteiger partial charge >= 0.3 is 11.9 Å². The Balaban J connectivity index is 3.74. The fourth-order valence-corrected chi connectivity index (χ4v) is 2.89. The molecule has 0 aromatic heterocycles. The molecule has 0 saturated heterocycles. The number of rotatable bonds is 21. The van der Waals surface area contributed by atoms with Gasteiger partial charge in [-0.25, -0.2) is 0 Å². The molecule has 0 bridgehead atoms. The van der Waals surface area contributed by atoms with E-state index in [0.29, 0.717) is 25.9 Å². The largest absolute Gasteiger partial charge is 0.462 e. The van der Waals surface area contributed by atoms with Crippen LogP contribution in [0.1, 0.15) is 12.8 Å². The Bertz CT molecular complexity index is 490. The summed E-state index contributed by atoms with van der Waals surface area (Å²) in [6, 6.07) is 0. The molecule has 0 rings (SSSR count). The zero-order valence-corrected chi connectivity index (χ0v) is 23.2. The lowest BCUT2D eigenvalue weighted by Gasteiger charge is -2.23. The SMILES string of the molecule is CN(C)CCN(C)CCN(C)CCC(=O)OCCOC(=O)CCN(C)CCN(C)CCN(C)C. The zero-order chi connectivity index (χ0) is 25.9. The summed E-state index contributed by atoms with van der Waals surface area (Å²) in [6.45, 7) is 9.32. The molecule has 0 heterocycles. The molecule has 0 radical (unpaired) electrons. The molecule has 10 heteroatoms. The highest BCUT2D eigenvalue weighted by atomic mass is 16.6. The minimum Gasteiger partial charge on any atom is -0.462 e. The highest BCUT2D eigenvalue weighted by molar-refractivity contribution is 5.70. The van der Waals surface area contributed by atoms with Gasteiger partial charge < -0.3 is 38.9 Å². The topological polar surface area (TPSA) is 72.0 Å². The van der Waals surface area contributed by atoms with E-state index in [2.05, 4.69) is 71.7 Å². The molecule has 202 valence electrons. The van der Waals surface area contributed by atoms with Crippen LogP contribution in [0.25, 0.3) is 0 Å². The quantitative estimate of drug-likeness (QED) is 0.159. The van der Waals surface area contributed by atoms with Gasteiger partial charge in [0.25, 0.3) is 0 Å². The summed E-state index contributed by atoms with van der Waals surface area (Å²) in [6.07, 6.45) is 0.666. The molecule has 0 spiro atoms. The van der Waals surface area contributed by atoms with Crippen LogP contribution in [-0.2, 0) is 19.1 Å². The van der Waals surface area contributed by atoms with Crippen molar-refractivity contribution in [1.29, 1.82) is 0 Å². The maximum absolute atomic E-state index is 11.9. The molecule has 0 aliphatic rings. The number of esters is 2. The van der Waals surface area contributed by atoms with E-state index in [4.69, 9.17) is 9.47 Å². The Morgan fingerprint density at radius 3 is 1.00 bits per heavy atom. The molecule has 34 heavy (non-hydrogen) atoms. The summed E-state index contributed by atoms with van der Waals surface area (Å²) in [4.78, 5) is 37.0. The second-order valence-electron chi connectivity index (χ2n) is 9.76. The van der Waals surface area contributed by atoms with E-state index < -0.39 is 0 Å². The lowest BCUT2D eigenvalue weighted by atomic mass is 10.4. The Kier molecular flexibility index (Phi) is 19.2. The van der Waals surface area contributed by atoms with Gasteiger partial charge in [-0.1, -0.05) is 0 Å². The average molecular weight is 489 g/mol. The van der Waals surface area contributed by atoms with Crippen LogP contribution in [0.2, 0.25) is 0 Å². The molecular formula is C24H52N6O4. The number of hydrogen-bond acceptors (Lipinski definition) is 10. The number of nitrogens with zero attached hydrogens (tertiary/aromatic N) is 6. The van der Waals surface area contributed by atoms with Crippen LogP contribution in [0, 0.1) is 0 Å². The molecule has 10 nitrogen and oxygen atoms in total. The molecule has 0 aromatic rings. The number of carbonyl (C=O) groups excluding carboxylic acids is 2. The standard InChI is InChI=1S/C24H52N6O4/c1-25(2)13-15-29(7)19-17-27(5)11-9-23(31)33-21-22-34-24(32)10-12-28(6)18-20-30(8)16-14-26(3)4/h9-22H2,1-8H3. The number of hydrogen-bond donors (Lipinski definition) is 0. The zero-order valence-electron chi connectivity index (χ0n) is 23.2.